The maximum Gasteiger partial charge on any atom is 0.291 e. The van der Waals surface area contributed by atoms with Gasteiger partial charge in [-0.1, -0.05) is 72.0 Å². The fourth-order valence-corrected chi connectivity index (χ4v) is 4.13. The molecule has 0 amide bonds. The Bertz CT molecular complexity index is 1560. The van der Waals surface area contributed by atoms with E-state index >= 15 is 0 Å². The van der Waals surface area contributed by atoms with Gasteiger partial charge in [-0.2, -0.15) is 9.50 Å². The number of hydrogen-bond donors (Lipinski definition) is 0. The van der Waals surface area contributed by atoms with E-state index < -0.39 is 0 Å². The number of ketones is 1. The van der Waals surface area contributed by atoms with Gasteiger partial charge in [-0.3, -0.25) is 9.59 Å². The number of carbonyl (C=O) groups is 1. The summed E-state index contributed by atoms with van der Waals surface area (Å²) < 4.78 is 7.68. The summed E-state index contributed by atoms with van der Waals surface area (Å²) in [6.45, 7) is 1.53. The summed E-state index contributed by atoms with van der Waals surface area (Å²) in [6, 6.07) is 20.7. The molecule has 5 aromatic rings. The summed E-state index contributed by atoms with van der Waals surface area (Å²) in [6.07, 6.45) is 5.38. The van der Waals surface area contributed by atoms with Gasteiger partial charge in [-0.15, -0.1) is 5.10 Å². The minimum Gasteiger partial charge on any atom is -0.457 e. The van der Waals surface area contributed by atoms with Gasteiger partial charge in [-0.25, -0.2) is 0 Å². The normalized spacial score (nSPS) is 12.2. The molecule has 3 heterocycles. The number of hydrogen-bond acceptors (Lipinski definition) is 6. The number of benzene rings is 2. The minimum atomic E-state index is -0.236. The molecule has 0 N–H and O–H groups in total. The van der Waals surface area contributed by atoms with Gasteiger partial charge in [0.2, 0.25) is 4.96 Å². The molecule has 0 atom stereocenters. The Balaban J connectivity index is 1.41. The Morgan fingerprint density at radius 3 is 2.50 bits per heavy atom. The van der Waals surface area contributed by atoms with Gasteiger partial charge in [0.25, 0.3) is 5.56 Å². The second-order valence-electron chi connectivity index (χ2n) is 7.16. The topological polar surface area (TPSA) is 77.5 Å². The van der Waals surface area contributed by atoms with Crippen LogP contribution in [0.25, 0.3) is 34.5 Å². The van der Waals surface area contributed by atoms with Crippen molar-refractivity contribution in [2.45, 2.75) is 6.92 Å². The average Bonchev–Trinajstić information content (AvgIpc) is 3.51. The van der Waals surface area contributed by atoms with Crippen LogP contribution < -0.4 is 10.1 Å². The smallest absolute Gasteiger partial charge is 0.291 e. The lowest BCUT2D eigenvalue weighted by molar-refractivity contribution is 0.101. The Kier molecular flexibility index (Phi) is 5.09. The zero-order valence-corrected chi connectivity index (χ0v) is 17.9. The number of thiazole rings is 1. The molecule has 0 aliphatic rings. The third kappa shape index (κ3) is 3.93. The number of carbonyl (C=O) groups excluding carboxylic acids is 1. The molecule has 0 radical (unpaired) electrons. The van der Waals surface area contributed by atoms with E-state index in [2.05, 4.69) is 10.1 Å². The van der Waals surface area contributed by atoms with Crippen LogP contribution in [0.2, 0.25) is 0 Å². The third-order valence-electron chi connectivity index (χ3n) is 4.90. The average molecular weight is 439 g/mol. The van der Waals surface area contributed by atoms with Crippen molar-refractivity contribution in [1.82, 2.24) is 14.6 Å². The van der Waals surface area contributed by atoms with E-state index in [4.69, 9.17) is 4.42 Å². The second-order valence-corrected chi connectivity index (χ2v) is 8.17. The number of nitrogens with zero attached hydrogens (tertiary/aromatic N) is 3. The van der Waals surface area contributed by atoms with Gasteiger partial charge >= 0.3 is 0 Å². The summed E-state index contributed by atoms with van der Waals surface area (Å²) in [5.41, 5.74) is 2.30. The molecule has 0 saturated heterocycles. The molecule has 156 valence electrons. The van der Waals surface area contributed by atoms with Gasteiger partial charge in [0.15, 0.2) is 11.6 Å². The summed E-state index contributed by atoms with van der Waals surface area (Å²) in [5, 5.41) is 4.30. The number of rotatable bonds is 5. The van der Waals surface area contributed by atoms with Gasteiger partial charge in [0.05, 0.1) is 0 Å². The summed E-state index contributed by atoms with van der Waals surface area (Å²) >= 11 is 1.26. The SMILES string of the molecule is CC(=O)c1ccc(-c2ccc(/C=c3\sc4nc(/C=C/c5ccccc5)nn4c3=O)o2)cc1. The van der Waals surface area contributed by atoms with Crippen molar-refractivity contribution in [3.05, 3.63) is 104 Å². The molecule has 6 nitrogen and oxygen atoms in total. The molecule has 7 heteroatoms. The van der Waals surface area contributed by atoms with E-state index in [1.807, 2.05) is 54.6 Å². The maximum absolute atomic E-state index is 12.7. The molecule has 5 rings (SSSR count). The van der Waals surface area contributed by atoms with E-state index in [9.17, 15) is 9.59 Å². The first kappa shape index (κ1) is 19.8. The Hall–Kier alpha value is -4.10. The standard InChI is InChI=1S/C25H17N3O3S/c1-16(29)18-8-10-19(11-9-18)21-13-12-20(31-21)15-22-24(30)28-25(32-22)26-23(27-28)14-7-17-5-3-2-4-6-17/h2-15H,1H3/b14-7+,22-15-. The van der Waals surface area contributed by atoms with E-state index in [0.29, 0.717) is 32.4 Å². The lowest BCUT2D eigenvalue weighted by Gasteiger charge is -1.98. The molecule has 0 unspecified atom stereocenters. The zero-order chi connectivity index (χ0) is 22.1. The van der Waals surface area contributed by atoms with E-state index in [0.717, 1.165) is 11.1 Å². The van der Waals surface area contributed by atoms with Crippen molar-refractivity contribution in [3.8, 4) is 11.3 Å². The molecule has 0 fully saturated rings. The van der Waals surface area contributed by atoms with Gasteiger partial charge in [0.1, 0.15) is 16.1 Å². The number of aromatic nitrogens is 3. The fraction of sp³-hybridized carbons (Fsp3) is 0.0400. The van der Waals surface area contributed by atoms with E-state index in [1.54, 1.807) is 30.4 Å². The molecular weight excluding hydrogens is 422 g/mol. The van der Waals surface area contributed by atoms with Crippen LogP contribution in [0.15, 0.2) is 75.9 Å². The van der Waals surface area contributed by atoms with Crippen molar-refractivity contribution < 1.29 is 9.21 Å². The van der Waals surface area contributed by atoms with Crippen LogP contribution in [0, 0.1) is 0 Å². The van der Waals surface area contributed by atoms with Crippen molar-refractivity contribution in [1.29, 1.82) is 0 Å². The first-order chi connectivity index (χ1) is 15.6. The molecule has 32 heavy (non-hydrogen) atoms. The van der Waals surface area contributed by atoms with Crippen LogP contribution in [-0.2, 0) is 0 Å². The predicted octanol–water partition coefficient (Wildman–Crippen LogP) is 4.33. The molecule has 3 aromatic heterocycles. The zero-order valence-electron chi connectivity index (χ0n) is 17.1. The summed E-state index contributed by atoms with van der Waals surface area (Å²) in [4.78, 5) is 29.1. The van der Waals surface area contributed by atoms with Crippen LogP contribution in [-0.4, -0.2) is 20.4 Å². The minimum absolute atomic E-state index is 0.0167. The van der Waals surface area contributed by atoms with E-state index in [-0.39, 0.29) is 11.3 Å². The molecule has 0 bridgehead atoms. The van der Waals surface area contributed by atoms with Gasteiger partial charge in [0, 0.05) is 17.2 Å². The van der Waals surface area contributed by atoms with Crippen molar-refractivity contribution in [2.75, 3.05) is 0 Å². The highest BCUT2D eigenvalue weighted by Crippen LogP contribution is 2.23. The molecule has 0 aliphatic heterocycles. The molecular formula is C25H17N3O3S. The lowest BCUT2D eigenvalue weighted by atomic mass is 10.1. The summed E-state index contributed by atoms with van der Waals surface area (Å²) in [7, 11) is 0. The van der Waals surface area contributed by atoms with Gasteiger partial charge in [-0.05, 0) is 30.7 Å². The second kappa shape index (κ2) is 8.20. The number of fused-ring (bicyclic) bond motifs is 1. The van der Waals surface area contributed by atoms with Crippen LogP contribution in [0.1, 0.15) is 34.4 Å². The Morgan fingerprint density at radius 2 is 1.78 bits per heavy atom. The highest BCUT2D eigenvalue weighted by Gasteiger charge is 2.10. The van der Waals surface area contributed by atoms with Gasteiger partial charge < -0.3 is 4.42 Å². The number of furan rings is 1. The van der Waals surface area contributed by atoms with Crippen LogP contribution in [0.5, 0.6) is 0 Å². The maximum atomic E-state index is 12.7. The molecule has 2 aromatic carbocycles. The van der Waals surface area contributed by atoms with Crippen LogP contribution >= 0.6 is 11.3 Å². The monoisotopic (exact) mass is 439 g/mol. The van der Waals surface area contributed by atoms with E-state index in [1.165, 1.54) is 22.8 Å². The number of Topliss-reactive ketones (excluding diaryl/α,β-unsaturated/α-hetero) is 1. The lowest BCUT2D eigenvalue weighted by Crippen LogP contribution is -2.23. The van der Waals surface area contributed by atoms with Crippen LogP contribution in [0.4, 0.5) is 0 Å². The first-order valence-electron chi connectivity index (χ1n) is 9.92. The molecule has 0 spiro atoms. The highest BCUT2D eigenvalue weighted by atomic mass is 32.1. The fourth-order valence-electron chi connectivity index (χ4n) is 3.24. The van der Waals surface area contributed by atoms with Crippen molar-refractivity contribution >= 4 is 40.3 Å². The van der Waals surface area contributed by atoms with Crippen molar-refractivity contribution in [2.24, 2.45) is 0 Å². The first-order valence-corrected chi connectivity index (χ1v) is 10.7. The Morgan fingerprint density at radius 1 is 1.00 bits per heavy atom. The molecule has 0 saturated carbocycles. The molecule has 0 aliphatic carbocycles. The highest BCUT2D eigenvalue weighted by molar-refractivity contribution is 7.15. The third-order valence-corrected chi connectivity index (χ3v) is 5.86. The quantitative estimate of drug-likeness (QED) is 0.381. The Labute approximate surface area is 186 Å². The summed E-state index contributed by atoms with van der Waals surface area (Å²) in [5.74, 6) is 1.72. The largest absolute Gasteiger partial charge is 0.457 e. The van der Waals surface area contributed by atoms with Crippen LogP contribution in [0.3, 0.4) is 0 Å². The predicted molar refractivity (Wildman–Crippen MR) is 125 cm³/mol. The van der Waals surface area contributed by atoms with Crippen molar-refractivity contribution in [3.63, 3.8) is 0 Å².